The molecule has 0 saturated heterocycles. The molecule has 0 aromatic heterocycles. The highest BCUT2D eigenvalue weighted by Crippen LogP contribution is 2.42. The van der Waals surface area contributed by atoms with Gasteiger partial charge in [0, 0.05) is 31.3 Å². The van der Waals surface area contributed by atoms with Gasteiger partial charge in [-0.3, -0.25) is 9.59 Å². The second kappa shape index (κ2) is 47.8. The first kappa shape index (κ1) is 97.3. The van der Waals surface area contributed by atoms with E-state index in [0.717, 1.165) is 82.6 Å². The third-order valence-electron chi connectivity index (χ3n) is 26.2. The van der Waals surface area contributed by atoms with E-state index >= 15 is 0 Å². The lowest BCUT2D eigenvalue weighted by atomic mass is 9.90. The number of fused-ring (bicyclic) bond motifs is 8. The maximum atomic E-state index is 11.8. The number of aliphatic carboxylic acids is 1. The Hall–Kier alpha value is -14.8. The van der Waals surface area contributed by atoms with E-state index in [4.69, 9.17) is 34.9 Å². The van der Waals surface area contributed by atoms with Crippen molar-refractivity contribution >= 4 is 191 Å². The number of rotatable bonds is 35. The number of allylic oxidation sites excluding steroid dienone is 6. The molecule has 0 saturated carbocycles. The van der Waals surface area contributed by atoms with Crippen LogP contribution in [0.2, 0.25) is 0 Å². The molecule has 139 heavy (non-hydrogen) atoms. The van der Waals surface area contributed by atoms with E-state index in [1.54, 1.807) is 19.1 Å². The summed E-state index contributed by atoms with van der Waals surface area (Å²) in [5, 5.41) is 66.1. The standard InChI is InChI=1S/C27H24O4.C26H27NO2.C26H28O3.C25H22O.C22H18O2/c28-26(29)13-7-15-31-27(30)14-6-3-10-21-17-22-16-19-8-1-2-9-20(19)18-25(22)24-12-5-4-11-23(21)24;27-17-4-1-5-18-29-24(28)10-3-2-7-19-11-12-22-14-13-20-8-6-9-21-15-16-23(19)26(22)25(20)21;1-18(26(28)29-17-5-16-27)6-2-3-7-19-10-11-22-13-12-20-8-4-9-21-14-15-23(19)25(22)24(20)21;1-18(26)9-3-2-4-12-21-16-22-15-19-10-5-6-11-20(19)17-25(22)24-14-8-7-13-23(21)24;1-2-24-20(23)8-4-5-15-9-10-18-12-11-16-6-3-7-17-13-14-19(15)22(18)21(16)17/h1-2,4-6,8-9,11-12,14,16-18H,3,7,10,13,15H2,(H,28,29);3,6,8-16H,1-2,4-5,7,17-18,27H2;4,6,8-15,26-28H,2-3,5,7,16-17H2,1H3;3,5-11,13-17H,2,4,12H2,1H3;3-4,6-14H,2,5H2,1H3/b14-6+;10-3+;18-6+;9-3+;8-4+. The summed E-state index contributed by atoms with van der Waals surface area (Å²) in [6, 6.07) is 107. The number of benzene rings is 20. The number of esters is 3. The molecule has 13 heteroatoms. The van der Waals surface area contributed by atoms with Gasteiger partial charge in [0.05, 0.1) is 26.4 Å². The van der Waals surface area contributed by atoms with Gasteiger partial charge < -0.3 is 40.0 Å². The number of carboxylic acid groups (broad SMARTS) is 1. The largest absolute Gasteiger partial charge is 0.481 e. The lowest BCUT2D eigenvalue weighted by Gasteiger charge is -2.14. The molecule has 13 nitrogen and oxygen atoms in total. The lowest BCUT2D eigenvalue weighted by Crippen LogP contribution is -2.14. The van der Waals surface area contributed by atoms with Crippen molar-refractivity contribution in [3.05, 3.63) is 385 Å². The Kier molecular flexibility index (Phi) is 33.4. The zero-order chi connectivity index (χ0) is 96.4. The molecule has 700 valence electrons. The number of carbonyl (C=O) groups excluding carboxylic acids is 4. The van der Waals surface area contributed by atoms with Gasteiger partial charge in [0.1, 0.15) is 0 Å². The Bertz CT molecular complexity index is 7870. The average Bonchev–Trinajstić information content (AvgIpc) is 0.757. The van der Waals surface area contributed by atoms with Crippen LogP contribution in [0.5, 0.6) is 0 Å². The van der Waals surface area contributed by atoms with Gasteiger partial charge in [-0.25, -0.2) is 14.4 Å². The summed E-state index contributed by atoms with van der Waals surface area (Å²) >= 11 is 0. The van der Waals surface area contributed by atoms with Crippen LogP contribution in [0, 0.1) is 0 Å². The SMILES string of the molecule is C/C(=C\CCCc1ccc2ccc3cccc4ccc1c2c34)C(O)OCCCO.CC(=O)/C=C/CCCc1cc2cc3ccccc3cc2c2ccccc12.CCOC(=O)/C=C/Cc1ccc2ccc3cccc4ccc1c2c34.NCCCCCOC(=O)/C=C/CCc1ccc2ccc3cccc4ccc1c2c34.O=C(O)CCCOC(=O)/C=C/CCc1cc2cc3ccccc3cc2c2ccccc12. The summed E-state index contributed by atoms with van der Waals surface area (Å²) in [4.78, 5) is 56.5. The van der Waals surface area contributed by atoms with Crippen molar-refractivity contribution in [3.8, 4) is 0 Å². The monoisotopic (exact) mass is 1840 g/mol. The van der Waals surface area contributed by atoms with Crippen molar-refractivity contribution in [2.45, 2.75) is 136 Å². The van der Waals surface area contributed by atoms with Crippen LogP contribution >= 0.6 is 0 Å². The number of unbranched alkanes of at least 4 members (excludes halogenated alkanes) is 4. The smallest absolute Gasteiger partial charge is 0.330 e. The quantitative estimate of drug-likeness (QED) is 0.00426. The van der Waals surface area contributed by atoms with Crippen molar-refractivity contribution in [3.63, 3.8) is 0 Å². The molecule has 0 aliphatic rings. The topological polar surface area (TPSA) is 209 Å². The fraction of sp³-hybridized carbons (Fsp3) is 0.214. The second-order valence-corrected chi connectivity index (χ2v) is 35.7. The lowest BCUT2D eigenvalue weighted by molar-refractivity contribution is -0.141. The zero-order valence-electron chi connectivity index (χ0n) is 79.4. The minimum Gasteiger partial charge on any atom is -0.481 e. The van der Waals surface area contributed by atoms with Crippen LogP contribution in [0.4, 0.5) is 0 Å². The fourth-order valence-corrected chi connectivity index (χ4v) is 19.3. The minimum atomic E-state index is -0.887. The van der Waals surface area contributed by atoms with Gasteiger partial charge in [-0.05, 0) is 355 Å². The Morgan fingerprint density at radius 1 is 0.317 bits per heavy atom. The van der Waals surface area contributed by atoms with Crippen molar-refractivity contribution in [2.75, 3.05) is 39.6 Å². The predicted octanol–water partition coefficient (Wildman–Crippen LogP) is 29.2. The average molecular weight is 1840 g/mol. The molecule has 0 aliphatic heterocycles. The molecule has 0 amide bonds. The van der Waals surface area contributed by atoms with E-state index in [1.807, 2.05) is 38.2 Å². The number of aliphatic hydroxyl groups is 2. The first-order valence-corrected chi connectivity index (χ1v) is 48.9. The van der Waals surface area contributed by atoms with Crippen LogP contribution in [-0.4, -0.2) is 90.8 Å². The fourth-order valence-electron chi connectivity index (χ4n) is 19.3. The molecule has 5 N–H and O–H groups in total. The first-order valence-electron chi connectivity index (χ1n) is 48.9. The highest BCUT2D eigenvalue weighted by molar-refractivity contribution is 6.26. The van der Waals surface area contributed by atoms with Crippen LogP contribution in [0.15, 0.2) is 358 Å². The zero-order valence-corrected chi connectivity index (χ0v) is 79.4. The highest BCUT2D eigenvalue weighted by atomic mass is 16.6. The number of aryl methyl sites for hydroxylation is 4. The third-order valence-corrected chi connectivity index (χ3v) is 26.2. The molecule has 20 aromatic rings. The van der Waals surface area contributed by atoms with Crippen LogP contribution in [0.25, 0.3) is 162 Å². The Balaban J connectivity index is 0.000000126. The number of hydrogen-bond acceptors (Lipinski definition) is 12. The predicted molar refractivity (Wildman–Crippen MR) is 578 cm³/mol. The number of ketones is 1. The van der Waals surface area contributed by atoms with Crippen molar-refractivity contribution in [2.24, 2.45) is 5.73 Å². The molecule has 1 atom stereocenters. The van der Waals surface area contributed by atoms with E-state index < -0.39 is 18.2 Å². The second-order valence-electron chi connectivity index (χ2n) is 35.7. The van der Waals surface area contributed by atoms with Crippen molar-refractivity contribution in [1.82, 2.24) is 0 Å². The maximum absolute atomic E-state index is 11.8. The molecule has 0 aliphatic carbocycles. The van der Waals surface area contributed by atoms with Gasteiger partial charge in [0.2, 0.25) is 0 Å². The number of carbonyl (C=O) groups is 5. The number of hydrogen-bond donors (Lipinski definition) is 4. The molecule has 0 spiro atoms. The van der Waals surface area contributed by atoms with E-state index in [-0.39, 0.29) is 37.4 Å². The molecule has 0 heterocycles. The van der Waals surface area contributed by atoms with Crippen LogP contribution in [0.1, 0.15) is 126 Å². The van der Waals surface area contributed by atoms with E-state index in [1.165, 1.54) is 202 Å². The van der Waals surface area contributed by atoms with Gasteiger partial charge in [-0.2, -0.15) is 0 Å². The molecule has 20 aromatic carbocycles. The number of aliphatic hydroxyl groups excluding tert-OH is 2. The molecule has 0 fully saturated rings. The molecular formula is C126H119NO12. The summed E-state index contributed by atoms with van der Waals surface area (Å²) in [6.07, 6.45) is 28.5. The normalized spacial score (nSPS) is 12.1. The summed E-state index contributed by atoms with van der Waals surface area (Å²) < 4.78 is 20.5. The summed E-state index contributed by atoms with van der Waals surface area (Å²) in [6.45, 7) is 7.43. The van der Waals surface area contributed by atoms with Gasteiger partial charge in [0.15, 0.2) is 12.1 Å². The van der Waals surface area contributed by atoms with E-state index in [0.29, 0.717) is 52.0 Å². The molecule has 0 bridgehead atoms. The Morgan fingerprint density at radius 3 is 1.17 bits per heavy atom. The van der Waals surface area contributed by atoms with Gasteiger partial charge >= 0.3 is 23.9 Å². The molecular weight excluding hydrogens is 1720 g/mol. The maximum Gasteiger partial charge on any atom is 0.330 e. The van der Waals surface area contributed by atoms with E-state index in [9.17, 15) is 29.1 Å². The number of ether oxygens (including phenoxy) is 4. The van der Waals surface area contributed by atoms with Crippen molar-refractivity contribution in [1.29, 1.82) is 0 Å². The number of carboxylic acids is 1. The van der Waals surface area contributed by atoms with Gasteiger partial charge in [-0.15, -0.1) is 0 Å². The molecule has 0 radical (unpaired) electrons. The molecule has 20 rings (SSSR count). The van der Waals surface area contributed by atoms with Crippen LogP contribution in [0.3, 0.4) is 0 Å². The summed E-state index contributed by atoms with van der Waals surface area (Å²) in [5.74, 6) is -1.74. The Labute approximate surface area is 811 Å². The highest BCUT2D eigenvalue weighted by Gasteiger charge is 2.18. The summed E-state index contributed by atoms with van der Waals surface area (Å²) in [7, 11) is 0. The summed E-state index contributed by atoms with van der Waals surface area (Å²) in [5.41, 5.74) is 12.8. The first-order chi connectivity index (χ1) is 68.1. The van der Waals surface area contributed by atoms with E-state index in [2.05, 4.69) is 303 Å². The third kappa shape index (κ3) is 24.2. The Morgan fingerprint density at radius 2 is 0.698 bits per heavy atom. The number of nitrogens with two attached hydrogens (primary N) is 1. The van der Waals surface area contributed by atoms with Gasteiger partial charge in [0.25, 0.3) is 0 Å². The van der Waals surface area contributed by atoms with Gasteiger partial charge in [-0.1, -0.05) is 303 Å². The molecule has 1 unspecified atom stereocenters. The van der Waals surface area contributed by atoms with Crippen molar-refractivity contribution < 1.29 is 58.2 Å². The van der Waals surface area contributed by atoms with Crippen LogP contribution in [-0.2, 0) is 75.0 Å². The van der Waals surface area contributed by atoms with Crippen LogP contribution < -0.4 is 5.73 Å². The minimum absolute atomic E-state index is 0.00131.